The van der Waals surface area contributed by atoms with E-state index >= 15 is 0 Å². The van der Waals surface area contributed by atoms with Crippen LogP contribution in [-0.2, 0) is 11.3 Å². The van der Waals surface area contributed by atoms with Gasteiger partial charge in [-0.05, 0) is 30.9 Å². The minimum absolute atomic E-state index is 0.163. The molecule has 1 aromatic rings. The van der Waals surface area contributed by atoms with Gasteiger partial charge >= 0.3 is 0 Å². The molecule has 100 valence electrons. The highest BCUT2D eigenvalue weighted by Crippen LogP contribution is 2.12. The number of rotatable bonds is 6. The number of aryl methyl sites for hydroxylation is 2. The number of carbonyl (C=O) groups excluding carboxylic acids is 1. The van der Waals surface area contributed by atoms with Crippen LogP contribution in [0, 0.1) is 19.8 Å². The molecule has 0 radical (unpaired) electrons. The Morgan fingerprint density at radius 3 is 2.67 bits per heavy atom. The smallest absolute Gasteiger partial charge is 0.220 e. The monoisotopic (exact) mass is 247 g/mol. The van der Waals surface area contributed by atoms with Gasteiger partial charge in [0.15, 0.2) is 0 Å². The largest absolute Gasteiger partial charge is 0.352 e. The van der Waals surface area contributed by atoms with Crippen LogP contribution in [0.15, 0.2) is 18.2 Å². The van der Waals surface area contributed by atoms with Crippen molar-refractivity contribution in [3.05, 3.63) is 34.9 Å². The van der Waals surface area contributed by atoms with Crippen LogP contribution < -0.4 is 5.32 Å². The lowest BCUT2D eigenvalue weighted by Gasteiger charge is -2.12. The molecule has 0 spiro atoms. The second-order valence-electron chi connectivity index (χ2n) is 5.30. The van der Waals surface area contributed by atoms with Gasteiger partial charge in [0.05, 0.1) is 0 Å². The number of nitrogens with one attached hydrogen (secondary N) is 1. The lowest BCUT2D eigenvalue weighted by molar-refractivity contribution is -0.122. The Morgan fingerprint density at radius 1 is 1.33 bits per heavy atom. The molecule has 1 rings (SSSR count). The average molecular weight is 247 g/mol. The number of hydrogen-bond donors (Lipinski definition) is 1. The normalized spacial score (nSPS) is 12.2. The number of hydrogen-bond acceptors (Lipinski definition) is 1. The van der Waals surface area contributed by atoms with Crippen LogP contribution in [0.1, 0.15) is 49.8 Å². The van der Waals surface area contributed by atoms with E-state index in [4.69, 9.17) is 0 Å². The minimum Gasteiger partial charge on any atom is -0.352 e. The van der Waals surface area contributed by atoms with E-state index in [0.717, 1.165) is 12.8 Å². The lowest BCUT2D eigenvalue weighted by Crippen LogP contribution is -2.24. The summed E-state index contributed by atoms with van der Waals surface area (Å²) in [4.78, 5) is 11.8. The SMILES string of the molecule is CCCC(C)CC(=O)NCc1ccc(C)cc1C. The Morgan fingerprint density at radius 2 is 2.06 bits per heavy atom. The molecule has 0 aromatic heterocycles. The lowest BCUT2D eigenvalue weighted by atomic mass is 10.0. The molecule has 0 saturated carbocycles. The van der Waals surface area contributed by atoms with Crippen LogP contribution in [0.3, 0.4) is 0 Å². The van der Waals surface area contributed by atoms with E-state index < -0.39 is 0 Å². The molecule has 2 nitrogen and oxygen atoms in total. The molecule has 18 heavy (non-hydrogen) atoms. The molecule has 1 N–H and O–H groups in total. The van der Waals surface area contributed by atoms with Crippen LogP contribution in [0.25, 0.3) is 0 Å². The maximum Gasteiger partial charge on any atom is 0.220 e. The molecule has 0 saturated heterocycles. The Balaban J connectivity index is 2.42. The maximum atomic E-state index is 11.8. The predicted octanol–water partition coefficient (Wildman–Crippen LogP) is 3.75. The van der Waals surface area contributed by atoms with Crippen LogP contribution in [0.5, 0.6) is 0 Å². The highest BCUT2D eigenvalue weighted by Gasteiger charge is 2.08. The molecule has 1 unspecified atom stereocenters. The standard InChI is InChI=1S/C16H25NO/c1-5-6-12(2)10-16(18)17-11-15-8-7-13(3)9-14(15)4/h7-9,12H,5-6,10-11H2,1-4H3,(H,17,18). The zero-order chi connectivity index (χ0) is 13.5. The topological polar surface area (TPSA) is 29.1 Å². The van der Waals surface area contributed by atoms with Crippen molar-refractivity contribution in [3.8, 4) is 0 Å². The summed E-state index contributed by atoms with van der Waals surface area (Å²) in [6, 6.07) is 6.34. The summed E-state index contributed by atoms with van der Waals surface area (Å²) in [5, 5.41) is 3.01. The Kier molecular flexibility index (Phi) is 5.90. The Labute approximate surface area is 111 Å². The maximum absolute atomic E-state index is 11.8. The van der Waals surface area contributed by atoms with Crippen molar-refractivity contribution in [2.45, 2.75) is 53.5 Å². The second-order valence-corrected chi connectivity index (χ2v) is 5.30. The summed E-state index contributed by atoms with van der Waals surface area (Å²) in [6.45, 7) is 9.12. The molecular formula is C16H25NO. The molecule has 0 bridgehead atoms. The Hall–Kier alpha value is -1.31. The van der Waals surface area contributed by atoms with Crippen molar-refractivity contribution in [2.24, 2.45) is 5.92 Å². The molecule has 1 aromatic carbocycles. The Bertz CT molecular complexity index is 398. The first-order valence-electron chi connectivity index (χ1n) is 6.85. The fourth-order valence-corrected chi connectivity index (χ4v) is 2.22. The van der Waals surface area contributed by atoms with Gasteiger partial charge in [-0.25, -0.2) is 0 Å². The van der Waals surface area contributed by atoms with Crippen molar-refractivity contribution >= 4 is 5.91 Å². The zero-order valence-electron chi connectivity index (χ0n) is 12.0. The first-order valence-corrected chi connectivity index (χ1v) is 6.85. The fourth-order valence-electron chi connectivity index (χ4n) is 2.22. The van der Waals surface area contributed by atoms with E-state index in [9.17, 15) is 4.79 Å². The van der Waals surface area contributed by atoms with E-state index in [0.29, 0.717) is 18.9 Å². The average Bonchev–Trinajstić information content (AvgIpc) is 2.28. The quantitative estimate of drug-likeness (QED) is 0.815. The molecule has 0 heterocycles. The molecular weight excluding hydrogens is 222 g/mol. The molecule has 0 aliphatic heterocycles. The molecule has 0 aliphatic carbocycles. The number of benzene rings is 1. The van der Waals surface area contributed by atoms with E-state index in [1.807, 2.05) is 0 Å². The molecule has 2 heteroatoms. The first-order chi connectivity index (χ1) is 8.52. The van der Waals surface area contributed by atoms with E-state index in [1.54, 1.807) is 0 Å². The number of amides is 1. The summed E-state index contributed by atoms with van der Waals surface area (Å²) < 4.78 is 0. The second kappa shape index (κ2) is 7.20. The highest BCUT2D eigenvalue weighted by atomic mass is 16.1. The number of carbonyl (C=O) groups is 1. The highest BCUT2D eigenvalue weighted by molar-refractivity contribution is 5.76. The van der Waals surface area contributed by atoms with Gasteiger partial charge in [0.1, 0.15) is 0 Å². The summed E-state index contributed by atoms with van der Waals surface area (Å²) in [5.74, 6) is 0.644. The zero-order valence-corrected chi connectivity index (χ0v) is 12.0. The first kappa shape index (κ1) is 14.7. The van der Waals surface area contributed by atoms with Crippen molar-refractivity contribution < 1.29 is 4.79 Å². The van der Waals surface area contributed by atoms with Gasteiger partial charge < -0.3 is 5.32 Å². The molecule has 1 atom stereocenters. The van der Waals surface area contributed by atoms with Crippen molar-refractivity contribution in [1.82, 2.24) is 5.32 Å². The van der Waals surface area contributed by atoms with Crippen molar-refractivity contribution in [1.29, 1.82) is 0 Å². The summed E-state index contributed by atoms with van der Waals surface area (Å²) in [7, 11) is 0. The minimum atomic E-state index is 0.163. The van der Waals surface area contributed by atoms with Gasteiger partial charge in [-0.15, -0.1) is 0 Å². The van der Waals surface area contributed by atoms with Crippen LogP contribution >= 0.6 is 0 Å². The van der Waals surface area contributed by atoms with Gasteiger partial charge in [0, 0.05) is 13.0 Å². The van der Waals surface area contributed by atoms with Crippen LogP contribution in [-0.4, -0.2) is 5.91 Å². The van der Waals surface area contributed by atoms with Gasteiger partial charge in [0.25, 0.3) is 0 Å². The van der Waals surface area contributed by atoms with Gasteiger partial charge in [-0.2, -0.15) is 0 Å². The molecule has 0 aliphatic rings. The van der Waals surface area contributed by atoms with E-state index in [1.165, 1.54) is 16.7 Å². The molecule has 0 fully saturated rings. The van der Waals surface area contributed by atoms with Crippen molar-refractivity contribution in [2.75, 3.05) is 0 Å². The van der Waals surface area contributed by atoms with Crippen LogP contribution in [0.2, 0.25) is 0 Å². The molecule has 1 amide bonds. The van der Waals surface area contributed by atoms with E-state index in [2.05, 4.69) is 51.2 Å². The summed E-state index contributed by atoms with van der Waals surface area (Å²) >= 11 is 0. The third-order valence-electron chi connectivity index (χ3n) is 3.29. The third kappa shape index (κ3) is 4.91. The van der Waals surface area contributed by atoms with Crippen molar-refractivity contribution in [3.63, 3.8) is 0 Å². The van der Waals surface area contributed by atoms with E-state index in [-0.39, 0.29) is 5.91 Å². The van der Waals surface area contributed by atoms with Crippen LogP contribution in [0.4, 0.5) is 0 Å². The third-order valence-corrected chi connectivity index (χ3v) is 3.29. The fraction of sp³-hybridized carbons (Fsp3) is 0.562. The summed E-state index contributed by atoms with van der Waals surface area (Å²) in [6.07, 6.45) is 2.90. The predicted molar refractivity (Wildman–Crippen MR) is 76.5 cm³/mol. The summed E-state index contributed by atoms with van der Waals surface area (Å²) in [5.41, 5.74) is 3.72. The van der Waals surface area contributed by atoms with Gasteiger partial charge in [-0.1, -0.05) is 50.5 Å². The van der Waals surface area contributed by atoms with Gasteiger partial charge in [-0.3, -0.25) is 4.79 Å². The van der Waals surface area contributed by atoms with Gasteiger partial charge in [0.2, 0.25) is 5.91 Å².